The first-order chi connectivity index (χ1) is 22.8. The van der Waals surface area contributed by atoms with Crippen LogP contribution >= 0.6 is 23.2 Å². The topological polar surface area (TPSA) is 101 Å². The summed E-state index contributed by atoms with van der Waals surface area (Å²) in [5.41, 5.74) is -0.980. The quantitative estimate of drug-likeness (QED) is 0.141. The van der Waals surface area contributed by atoms with Crippen LogP contribution in [0.25, 0.3) is 0 Å². The minimum absolute atomic E-state index is 0.0240. The largest absolute Gasteiger partial charge is 0.573 e. The van der Waals surface area contributed by atoms with Crippen LogP contribution in [-0.2, 0) is 0 Å². The van der Waals surface area contributed by atoms with Gasteiger partial charge in [-0.05, 0) is 42.5 Å². The Morgan fingerprint density at radius 1 is 0.592 bits per heavy atom. The predicted octanol–water partition coefficient (Wildman–Crippen LogP) is 9.72. The van der Waals surface area contributed by atoms with E-state index in [2.05, 4.69) is 14.2 Å². The smallest absolute Gasteiger partial charge is 0.504 e. The SMILES string of the molecule is COc1cc(OC(F)(F)F)ccc1O.COc1cc(OC(F)(F)F)ccc1Oc1cc(Cl)cc(F)c1C=O.O=Cc1c(F)cc(Cl)cc1F. The van der Waals surface area contributed by atoms with E-state index < -0.39 is 52.8 Å². The number of aldehydes is 2. The molecule has 0 saturated heterocycles. The van der Waals surface area contributed by atoms with Gasteiger partial charge in [-0.25, -0.2) is 13.2 Å². The molecule has 4 aromatic rings. The molecule has 0 saturated carbocycles. The number of phenols is 1. The monoisotopic (exact) mass is 748 g/mol. The Bertz CT molecular complexity index is 1740. The summed E-state index contributed by atoms with van der Waals surface area (Å²) in [5, 5.41) is 8.98. The van der Waals surface area contributed by atoms with Crippen LogP contribution in [0.2, 0.25) is 10.0 Å². The van der Waals surface area contributed by atoms with Crippen molar-refractivity contribution in [2.75, 3.05) is 14.2 Å². The maximum absolute atomic E-state index is 13.7. The fourth-order valence-corrected chi connectivity index (χ4v) is 3.72. The molecule has 0 aliphatic carbocycles. The maximum Gasteiger partial charge on any atom is 0.573 e. The minimum atomic E-state index is -4.87. The highest BCUT2D eigenvalue weighted by Gasteiger charge is 2.32. The van der Waals surface area contributed by atoms with E-state index in [1.807, 2.05) is 0 Å². The van der Waals surface area contributed by atoms with Crippen molar-refractivity contribution >= 4 is 35.8 Å². The number of halogens is 11. The van der Waals surface area contributed by atoms with Gasteiger partial charge in [0.15, 0.2) is 35.6 Å². The van der Waals surface area contributed by atoms with E-state index in [9.17, 15) is 49.1 Å². The lowest BCUT2D eigenvalue weighted by Crippen LogP contribution is -2.17. The molecule has 0 fully saturated rings. The van der Waals surface area contributed by atoms with E-state index in [4.69, 9.17) is 37.8 Å². The van der Waals surface area contributed by atoms with E-state index in [0.29, 0.717) is 0 Å². The first-order valence-corrected chi connectivity index (χ1v) is 13.3. The average Bonchev–Trinajstić information content (AvgIpc) is 2.97. The van der Waals surface area contributed by atoms with Crippen molar-refractivity contribution in [3.63, 3.8) is 0 Å². The Morgan fingerprint density at radius 2 is 1.02 bits per heavy atom. The number of phenolic OH excluding ortho intramolecular Hbond substituents is 1. The third kappa shape index (κ3) is 12.8. The molecule has 0 atom stereocenters. The number of carbonyl (C=O) groups excluding carboxylic acids is 2. The van der Waals surface area contributed by atoms with Crippen molar-refractivity contribution in [2.45, 2.75) is 12.7 Å². The van der Waals surface area contributed by atoms with Gasteiger partial charge < -0.3 is 28.8 Å². The number of alkyl halides is 6. The zero-order chi connectivity index (χ0) is 37.1. The fourth-order valence-electron chi connectivity index (χ4n) is 3.33. The molecular formula is C30H19Cl2F9O8. The average molecular weight is 749 g/mol. The van der Waals surface area contributed by atoms with Crippen molar-refractivity contribution in [3.05, 3.63) is 99.3 Å². The van der Waals surface area contributed by atoms with Crippen LogP contribution in [-0.4, -0.2) is 44.6 Å². The Hall–Kier alpha value is -5.03. The van der Waals surface area contributed by atoms with Crippen molar-refractivity contribution in [1.82, 2.24) is 0 Å². The lowest BCUT2D eigenvalue weighted by atomic mass is 10.2. The Morgan fingerprint density at radius 3 is 1.47 bits per heavy atom. The number of ether oxygens (including phenoxy) is 5. The predicted molar refractivity (Wildman–Crippen MR) is 155 cm³/mol. The van der Waals surface area contributed by atoms with Gasteiger partial charge in [-0.2, -0.15) is 0 Å². The molecule has 19 heteroatoms. The fraction of sp³-hybridized carbons (Fsp3) is 0.133. The number of hydrogen-bond acceptors (Lipinski definition) is 8. The van der Waals surface area contributed by atoms with Crippen LogP contribution in [0.5, 0.6) is 40.2 Å². The molecule has 4 rings (SSSR count). The summed E-state index contributed by atoms with van der Waals surface area (Å²) in [5.74, 6) is -4.46. The highest BCUT2D eigenvalue weighted by Crippen LogP contribution is 2.38. The van der Waals surface area contributed by atoms with Gasteiger partial charge in [-0.15, -0.1) is 26.3 Å². The van der Waals surface area contributed by atoms with E-state index >= 15 is 0 Å². The van der Waals surface area contributed by atoms with Gasteiger partial charge in [0.05, 0.1) is 25.3 Å². The van der Waals surface area contributed by atoms with Gasteiger partial charge in [0.25, 0.3) is 0 Å². The molecule has 1 N–H and O–H groups in total. The molecule has 0 amide bonds. The third-order valence-corrected chi connectivity index (χ3v) is 5.75. The highest BCUT2D eigenvalue weighted by molar-refractivity contribution is 6.31. The first-order valence-electron chi connectivity index (χ1n) is 12.6. The van der Waals surface area contributed by atoms with Crippen molar-refractivity contribution in [2.24, 2.45) is 0 Å². The molecule has 8 nitrogen and oxygen atoms in total. The molecule has 0 spiro atoms. The molecule has 4 aromatic carbocycles. The lowest BCUT2D eigenvalue weighted by Gasteiger charge is -2.14. The number of benzene rings is 4. The zero-order valence-electron chi connectivity index (χ0n) is 24.4. The van der Waals surface area contributed by atoms with Crippen LogP contribution < -0.4 is 23.7 Å². The summed E-state index contributed by atoms with van der Waals surface area (Å²) in [6.45, 7) is 0. The molecule has 0 heterocycles. The number of methoxy groups -OCH3 is 2. The summed E-state index contributed by atoms with van der Waals surface area (Å²) >= 11 is 11.0. The van der Waals surface area contributed by atoms with Gasteiger partial charge in [0, 0.05) is 28.2 Å². The second-order valence-corrected chi connectivity index (χ2v) is 9.54. The lowest BCUT2D eigenvalue weighted by molar-refractivity contribution is -0.275. The van der Waals surface area contributed by atoms with Crippen molar-refractivity contribution < 1.29 is 77.9 Å². The Kier molecular flexibility index (Phi) is 14.2. The molecular weight excluding hydrogens is 730 g/mol. The molecule has 0 bridgehead atoms. The third-order valence-electron chi connectivity index (χ3n) is 5.31. The standard InChI is InChI=1S/C15H9ClF4O4.C8H7F3O3.C7H3ClF2O/c1-22-14-6-9(24-15(18,19)20)2-3-12(14)23-13-5-8(16)4-11(17)10(13)7-21;1-13-7-4-5(2-3-6(7)12)14-8(9,10)11;8-4-1-6(9)5(3-11)7(10)2-4/h2-7H,1H3;2-4,12H,1H3;1-3H. The second-order valence-electron chi connectivity index (χ2n) is 8.66. The summed E-state index contributed by atoms with van der Waals surface area (Å²) < 4.78 is 133. The molecule has 0 aliphatic rings. The molecule has 0 aliphatic heterocycles. The maximum atomic E-state index is 13.7. The van der Waals surface area contributed by atoms with Crippen LogP contribution in [0.3, 0.4) is 0 Å². The van der Waals surface area contributed by atoms with Gasteiger partial charge in [0.1, 0.15) is 34.7 Å². The van der Waals surface area contributed by atoms with E-state index in [1.54, 1.807) is 0 Å². The highest BCUT2D eigenvalue weighted by atomic mass is 35.5. The van der Waals surface area contributed by atoms with Gasteiger partial charge in [0.2, 0.25) is 0 Å². The van der Waals surface area contributed by atoms with Gasteiger partial charge >= 0.3 is 12.7 Å². The minimum Gasteiger partial charge on any atom is -0.504 e. The zero-order valence-corrected chi connectivity index (χ0v) is 25.9. The van der Waals surface area contributed by atoms with Crippen LogP contribution in [0, 0.1) is 17.5 Å². The van der Waals surface area contributed by atoms with Gasteiger partial charge in [-0.3, -0.25) is 9.59 Å². The van der Waals surface area contributed by atoms with E-state index in [0.717, 1.165) is 54.6 Å². The van der Waals surface area contributed by atoms with Crippen LogP contribution in [0.15, 0.2) is 60.7 Å². The summed E-state index contributed by atoms with van der Waals surface area (Å²) in [6.07, 6.45) is -9.27. The molecule has 264 valence electrons. The number of carbonyl (C=O) groups is 2. The molecule has 0 radical (unpaired) electrons. The number of aromatic hydroxyl groups is 1. The molecule has 49 heavy (non-hydrogen) atoms. The van der Waals surface area contributed by atoms with Crippen molar-refractivity contribution in [3.8, 4) is 40.2 Å². The van der Waals surface area contributed by atoms with Crippen LogP contribution in [0.4, 0.5) is 39.5 Å². The van der Waals surface area contributed by atoms with Crippen LogP contribution in [0.1, 0.15) is 20.7 Å². The Labute approximate surface area is 280 Å². The second kappa shape index (κ2) is 17.4. The van der Waals surface area contributed by atoms with E-state index in [1.165, 1.54) is 20.3 Å². The van der Waals surface area contributed by atoms with Crippen molar-refractivity contribution in [1.29, 1.82) is 0 Å². The summed E-state index contributed by atoms with van der Waals surface area (Å²) in [6, 6.07) is 9.91. The summed E-state index contributed by atoms with van der Waals surface area (Å²) in [4.78, 5) is 21.0. The number of rotatable bonds is 8. The normalized spacial score (nSPS) is 10.8. The summed E-state index contributed by atoms with van der Waals surface area (Å²) in [7, 11) is 2.42. The van der Waals surface area contributed by atoms with E-state index in [-0.39, 0.29) is 51.4 Å². The molecule has 0 aromatic heterocycles. The number of hydrogen-bond donors (Lipinski definition) is 1. The Balaban J connectivity index is 0.000000282. The molecule has 0 unspecified atom stereocenters. The first kappa shape index (κ1) is 40.1. The van der Waals surface area contributed by atoms with Gasteiger partial charge in [-0.1, -0.05) is 23.2 Å².